The van der Waals surface area contributed by atoms with Gasteiger partial charge >= 0.3 is 0 Å². The van der Waals surface area contributed by atoms with Crippen molar-refractivity contribution in [1.82, 2.24) is 4.90 Å². The number of ether oxygens (including phenoxy) is 1. The van der Waals surface area contributed by atoms with Crippen molar-refractivity contribution in [2.24, 2.45) is 0 Å². The molecule has 1 aromatic heterocycles. The summed E-state index contributed by atoms with van der Waals surface area (Å²) in [6.07, 6.45) is 0. The first-order valence-electron chi connectivity index (χ1n) is 10.1. The molecule has 8 heteroatoms. The fourth-order valence-corrected chi connectivity index (χ4v) is 5.29. The number of halogens is 1. The van der Waals surface area contributed by atoms with Gasteiger partial charge in [0.1, 0.15) is 17.3 Å². The first-order chi connectivity index (χ1) is 16.0. The summed E-state index contributed by atoms with van der Waals surface area (Å²) in [7, 11) is 1.53. The van der Waals surface area contributed by atoms with Crippen molar-refractivity contribution in [2.45, 2.75) is 0 Å². The van der Waals surface area contributed by atoms with Crippen LogP contribution in [-0.4, -0.2) is 36.4 Å². The molecule has 0 saturated carbocycles. The summed E-state index contributed by atoms with van der Waals surface area (Å²) in [6, 6.07) is 21.0. The molecule has 6 nitrogen and oxygen atoms in total. The first kappa shape index (κ1) is 21.2. The van der Waals surface area contributed by atoms with Crippen LogP contribution in [0.5, 0.6) is 5.75 Å². The van der Waals surface area contributed by atoms with Gasteiger partial charge < -0.3 is 4.74 Å². The number of amides is 3. The zero-order chi connectivity index (χ0) is 23.1. The third-order valence-electron chi connectivity index (χ3n) is 5.50. The third kappa shape index (κ3) is 3.55. The van der Waals surface area contributed by atoms with Crippen LogP contribution >= 0.6 is 22.9 Å². The number of imide groups is 1. The van der Waals surface area contributed by atoms with Crippen molar-refractivity contribution in [1.29, 1.82) is 0 Å². The van der Waals surface area contributed by atoms with Crippen LogP contribution in [-0.2, 0) is 0 Å². The van der Waals surface area contributed by atoms with E-state index in [0.29, 0.717) is 32.5 Å². The molecule has 0 spiro atoms. The van der Waals surface area contributed by atoms with E-state index in [4.69, 9.17) is 16.3 Å². The summed E-state index contributed by atoms with van der Waals surface area (Å²) in [6.45, 7) is -0.261. The van der Waals surface area contributed by atoms with E-state index in [2.05, 4.69) is 0 Å². The predicted molar refractivity (Wildman–Crippen MR) is 128 cm³/mol. The summed E-state index contributed by atoms with van der Waals surface area (Å²) >= 11 is 7.85. The van der Waals surface area contributed by atoms with Gasteiger partial charge in [-0.1, -0.05) is 48.0 Å². The number of methoxy groups -OCH3 is 1. The van der Waals surface area contributed by atoms with Crippen LogP contribution in [0.25, 0.3) is 10.1 Å². The van der Waals surface area contributed by atoms with Crippen LogP contribution < -0.4 is 9.64 Å². The van der Waals surface area contributed by atoms with Crippen LogP contribution in [0.3, 0.4) is 0 Å². The molecule has 0 unspecified atom stereocenters. The van der Waals surface area contributed by atoms with Gasteiger partial charge in [0.15, 0.2) is 0 Å². The Morgan fingerprint density at radius 2 is 1.64 bits per heavy atom. The van der Waals surface area contributed by atoms with Gasteiger partial charge in [0.25, 0.3) is 17.7 Å². The van der Waals surface area contributed by atoms with Gasteiger partial charge in [0.2, 0.25) is 0 Å². The minimum Gasteiger partial charge on any atom is -0.497 e. The average molecular weight is 477 g/mol. The monoisotopic (exact) mass is 476 g/mol. The highest BCUT2D eigenvalue weighted by atomic mass is 35.5. The summed E-state index contributed by atoms with van der Waals surface area (Å²) in [5, 5.41) is 1.12. The van der Waals surface area contributed by atoms with Gasteiger partial charge in [-0.15, -0.1) is 11.3 Å². The summed E-state index contributed by atoms with van der Waals surface area (Å²) in [5.41, 5.74) is 1.12. The van der Waals surface area contributed by atoms with Crippen LogP contribution in [0, 0.1) is 0 Å². The second-order valence-electron chi connectivity index (χ2n) is 7.40. The van der Waals surface area contributed by atoms with Crippen molar-refractivity contribution in [2.75, 3.05) is 18.7 Å². The van der Waals surface area contributed by atoms with Gasteiger partial charge in [-0.2, -0.15) is 0 Å². The lowest BCUT2D eigenvalue weighted by atomic mass is 10.1. The fraction of sp³-hybridized carbons (Fsp3) is 0.0800. The predicted octanol–water partition coefficient (Wildman–Crippen LogP) is 5.46. The largest absolute Gasteiger partial charge is 0.497 e. The summed E-state index contributed by atoms with van der Waals surface area (Å²) in [5.74, 6) is -0.765. The molecule has 0 bridgehead atoms. The molecule has 1 aliphatic heterocycles. The Bertz CT molecular complexity index is 1400. The zero-order valence-corrected chi connectivity index (χ0v) is 19.0. The smallest absolute Gasteiger partial charge is 0.271 e. The highest BCUT2D eigenvalue weighted by Crippen LogP contribution is 2.37. The lowest BCUT2D eigenvalue weighted by molar-refractivity contribution is 0.0650. The lowest BCUT2D eigenvalue weighted by Gasteiger charge is -2.27. The van der Waals surface area contributed by atoms with Crippen molar-refractivity contribution in [3.63, 3.8) is 0 Å². The Morgan fingerprint density at radius 3 is 2.30 bits per heavy atom. The fourth-order valence-electron chi connectivity index (χ4n) is 3.82. The number of nitrogens with zero attached hydrogens (tertiary/aromatic N) is 2. The second kappa shape index (κ2) is 8.35. The highest BCUT2D eigenvalue weighted by Gasteiger charge is 2.38. The number of rotatable bonds is 5. The van der Waals surface area contributed by atoms with Gasteiger partial charge in [-0.05, 0) is 30.3 Å². The van der Waals surface area contributed by atoms with Crippen molar-refractivity contribution < 1.29 is 19.1 Å². The number of hydrogen-bond donors (Lipinski definition) is 0. The Balaban J connectivity index is 1.58. The molecule has 0 radical (unpaired) electrons. The van der Waals surface area contributed by atoms with Gasteiger partial charge in [0, 0.05) is 21.8 Å². The van der Waals surface area contributed by atoms with Crippen LogP contribution in [0.2, 0.25) is 5.02 Å². The number of carbonyl (C=O) groups excluding carboxylic acids is 3. The molecule has 0 fully saturated rings. The molecule has 33 heavy (non-hydrogen) atoms. The Hall–Kier alpha value is -3.68. The molecule has 164 valence electrons. The maximum absolute atomic E-state index is 13.8. The molecule has 3 aromatic carbocycles. The van der Waals surface area contributed by atoms with Crippen LogP contribution in [0.4, 0.5) is 5.69 Å². The number of thiophene rings is 1. The van der Waals surface area contributed by atoms with Crippen LogP contribution in [0.1, 0.15) is 30.4 Å². The van der Waals surface area contributed by atoms with E-state index in [0.717, 1.165) is 15.0 Å². The van der Waals surface area contributed by atoms with E-state index in [1.54, 1.807) is 48.5 Å². The lowest BCUT2D eigenvalue weighted by Crippen LogP contribution is -2.44. The van der Waals surface area contributed by atoms with E-state index in [9.17, 15) is 14.4 Å². The van der Waals surface area contributed by atoms with E-state index < -0.39 is 17.7 Å². The summed E-state index contributed by atoms with van der Waals surface area (Å²) < 4.78 is 6.19. The maximum atomic E-state index is 13.8. The Kier molecular flexibility index (Phi) is 5.36. The number of benzene rings is 3. The molecule has 5 rings (SSSR count). The number of fused-ring (bicyclic) bond motifs is 2. The molecule has 1 aliphatic rings. The maximum Gasteiger partial charge on any atom is 0.271 e. The number of hydrogen-bond acceptors (Lipinski definition) is 5. The summed E-state index contributed by atoms with van der Waals surface area (Å²) in [4.78, 5) is 42.5. The van der Waals surface area contributed by atoms with Gasteiger partial charge in [-0.25, -0.2) is 0 Å². The molecule has 0 aliphatic carbocycles. The molecular weight excluding hydrogens is 460 g/mol. The Morgan fingerprint density at radius 1 is 0.970 bits per heavy atom. The molecule has 0 saturated heterocycles. The molecule has 0 atom stereocenters. The highest BCUT2D eigenvalue weighted by molar-refractivity contribution is 7.21. The van der Waals surface area contributed by atoms with E-state index in [1.165, 1.54) is 23.3 Å². The molecule has 2 heterocycles. The molecular formula is C25H17ClN2O4S. The minimum absolute atomic E-state index is 0.261. The van der Waals surface area contributed by atoms with E-state index in [-0.39, 0.29) is 6.67 Å². The Labute approximate surface area is 198 Å². The number of carbonyl (C=O) groups is 3. The second-order valence-corrected chi connectivity index (χ2v) is 8.83. The minimum atomic E-state index is -0.446. The van der Waals surface area contributed by atoms with E-state index >= 15 is 0 Å². The quantitative estimate of drug-likeness (QED) is 0.358. The topological polar surface area (TPSA) is 66.9 Å². The normalized spacial score (nSPS) is 12.8. The first-order valence-corrected chi connectivity index (χ1v) is 11.3. The van der Waals surface area contributed by atoms with Gasteiger partial charge in [0.05, 0.1) is 23.3 Å². The SMILES string of the molecule is COc1cccc(N(CN2C(=O)c3ccccc3C2=O)C(=O)c2sc3ccccc3c2Cl)c1. The van der Waals surface area contributed by atoms with Crippen molar-refractivity contribution >= 4 is 56.4 Å². The van der Waals surface area contributed by atoms with Crippen LogP contribution in [0.15, 0.2) is 72.8 Å². The molecule has 3 amide bonds. The number of anilines is 1. The van der Waals surface area contributed by atoms with Crippen molar-refractivity contribution in [3.8, 4) is 5.75 Å². The molecule has 4 aromatic rings. The van der Waals surface area contributed by atoms with E-state index in [1.807, 2.05) is 24.3 Å². The average Bonchev–Trinajstić information content (AvgIpc) is 3.31. The zero-order valence-electron chi connectivity index (χ0n) is 17.4. The standard InChI is InChI=1S/C25H17ClN2O4S/c1-32-16-8-6-7-15(13-16)27(14-28-23(29)17-9-2-3-10-18(17)24(28)30)25(31)22-21(26)19-11-4-5-12-20(19)33-22/h2-13H,14H2,1H3. The molecule has 0 N–H and O–H groups in total. The van der Waals surface area contributed by atoms with Crippen molar-refractivity contribution in [3.05, 3.63) is 93.8 Å². The van der Waals surface area contributed by atoms with Gasteiger partial charge in [-0.3, -0.25) is 24.2 Å². The third-order valence-corrected chi connectivity index (χ3v) is 7.16.